The Balaban J connectivity index is 1.56. The third-order valence-corrected chi connectivity index (χ3v) is 5.55. The average molecular weight is 435 g/mol. The summed E-state index contributed by atoms with van der Waals surface area (Å²) in [6.07, 6.45) is 0. The predicted octanol–water partition coefficient (Wildman–Crippen LogP) is 4.21. The van der Waals surface area contributed by atoms with Gasteiger partial charge in [-0.1, -0.05) is 30.3 Å². The molecule has 0 aliphatic carbocycles. The third kappa shape index (κ3) is 4.87. The number of furan rings is 1. The fourth-order valence-corrected chi connectivity index (χ4v) is 3.87. The first kappa shape index (κ1) is 21.7. The number of hydrogen-bond donors (Lipinski definition) is 1. The smallest absolute Gasteiger partial charge is 0.293 e. The minimum atomic E-state index is -0.467. The van der Waals surface area contributed by atoms with Gasteiger partial charge in [-0.25, -0.2) is 0 Å². The number of nitrogens with zero attached hydrogens (tertiary/aromatic N) is 2. The number of aryl methyl sites for hydroxylation is 1. The molecule has 4 rings (SSSR count). The topological polar surface area (TPSA) is 97.8 Å². The van der Waals surface area contributed by atoms with Crippen molar-refractivity contribution < 1.29 is 18.9 Å². The molecule has 1 fully saturated rings. The van der Waals surface area contributed by atoms with Crippen LogP contribution >= 0.6 is 0 Å². The van der Waals surface area contributed by atoms with Crippen molar-refractivity contribution in [3.63, 3.8) is 0 Å². The van der Waals surface area contributed by atoms with E-state index in [4.69, 9.17) is 9.15 Å². The van der Waals surface area contributed by atoms with Gasteiger partial charge in [0.05, 0.1) is 24.2 Å². The van der Waals surface area contributed by atoms with Gasteiger partial charge in [-0.2, -0.15) is 0 Å². The van der Waals surface area contributed by atoms with Gasteiger partial charge in [0.15, 0.2) is 5.78 Å². The van der Waals surface area contributed by atoms with E-state index in [9.17, 15) is 14.9 Å². The van der Waals surface area contributed by atoms with E-state index in [1.165, 1.54) is 6.07 Å². The van der Waals surface area contributed by atoms with Crippen LogP contribution in [0.5, 0.6) is 0 Å². The molecule has 1 saturated heterocycles. The summed E-state index contributed by atoms with van der Waals surface area (Å²) in [6.45, 7) is 5.07. The van der Waals surface area contributed by atoms with E-state index in [1.807, 2.05) is 25.1 Å². The molecular formula is C24H25N3O5. The van der Waals surface area contributed by atoms with Crippen molar-refractivity contribution in [2.24, 2.45) is 0 Å². The van der Waals surface area contributed by atoms with E-state index >= 15 is 0 Å². The molecule has 0 bridgehead atoms. The lowest BCUT2D eigenvalue weighted by Gasteiger charge is -2.33. The molecule has 32 heavy (non-hydrogen) atoms. The molecule has 0 spiro atoms. The molecule has 166 valence electrons. The lowest BCUT2D eigenvalue weighted by molar-refractivity contribution is -0.384. The molecule has 3 aromatic rings. The number of benzene rings is 2. The van der Waals surface area contributed by atoms with Crippen molar-refractivity contribution in [2.75, 3.05) is 38.2 Å². The zero-order valence-electron chi connectivity index (χ0n) is 17.8. The highest BCUT2D eigenvalue weighted by Gasteiger charge is 2.26. The highest BCUT2D eigenvalue weighted by Crippen LogP contribution is 2.29. The molecule has 0 unspecified atom stereocenters. The van der Waals surface area contributed by atoms with Crippen LogP contribution in [0.15, 0.2) is 65.1 Å². The minimum Gasteiger partial charge on any atom is -0.465 e. The Morgan fingerprint density at radius 2 is 1.84 bits per heavy atom. The summed E-state index contributed by atoms with van der Waals surface area (Å²) in [6, 6.07) is 17.0. The number of nitrogens with one attached hydrogen (secondary N) is 1. The molecule has 8 nitrogen and oxygen atoms in total. The zero-order valence-corrected chi connectivity index (χ0v) is 17.8. The van der Waals surface area contributed by atoms with Crippen LogP contribution < -0.4 is 5.32 Å². The zero-order chi connectivity index (χ0) is 22.5. The van der Waals surface area contributed by atoms with E-state index in [2.05, 4.69) is 10.2 Å². The van der Waals surface area contributed by atoms with Gasteiger partial charge in [0.1, 0.15) is 17.2 Å². The predicted molar refractivity (Wildman–Crippen MR) is 120 cm³/mol. The van der Waals surface area contributed by atoms with Crippen molar-refractivity contribution in [2.45, 2.75) is 13.0 Å². The van der Waals surface area contributed by atoms with Crippen LogP contribution in [0.25, 0.3) is 0 Å². The van der Waals surface area contributed by atoms with Gasteiger partial charge >= 0.3 is 0 Å². The van der Waals surface area contributed by atoms with E-state index < -0.39 is 4.92 Å². The van der Waals surface area contributed by atoms with Gasteiger partial charge in [0.25, 0.3) is 5.69 Å². The molecule has 1 aliphatic heterocycles. The number of nitro benzene ring substituents is 1. The van der Waals surface area contributed by atoms with Crippen LogP contribution in [0.2, 0.25) is 0 Å². The molecule has 1 aromatic heterocycles. The number of ketones is 1. The standard InChI is InChI=1S/C24H25N3O5/c1-17-7-10-23(32-17)22(26-11-13-31-14-12-26)16-25-20-9-8-19(15-21(20)27(29)30)24(28)18-5-3-2-4-6-18/h2-10,15,22,25H,11-14,16H2,1H3/t22-/m1/s1. The van der Waals surface area contributed by atoms with Gasteiger partial charge in [-0.05, 0) is 31.2 Å². The van der Waals surface area contributed by atoms with Crippen molar-refractivity contribution in [3.05, 3.63) is 93.4 Å². The molecule has 1 atom stereocenters. The fraction of sp³-hybridized carbons (Fsp3) is 0.292. The van der Waals surface area contributed by atoms with Crippen molar-refractivity contribution in [1.82, 2.24) is 4.90 Å². The number of morpholine rings is 1. The van der Waals surface area contributed by atoms with E-state index in [0.29, 0.717) is 31.0 Å². The Labute approximate surface area is 185 Å². The number of carbonyl (C=O) groups is 1. The summed E-state index contributed by atoms with van der Waals surface area (Å²) >= 11 is 0. The molecule has 0 radical (unpaired) electrons. The van der Waals surface area contributed by atoms with Gasteiger partial charge in [-0.3, -0.25) is 19.8 Å². The van der Waals surface area contributed by atoms with Crippen molar-refractivity contribution in [1.29, 1.82) is 0 Å². The summed E-state index contributed by atoms with van der Waals surface area (Å²) in [4.78, 5) is 26.3. The Kier molecular flexibility index (Phi) is 6.63. The number of rotatable bonds is 8. The van der Waals surface area contributed by atoms with Gasteiger partial charge in [0.2, 0.25) is 0 Å². The summed E-state index contributed by atoms with van der Waals surface area (Å²) < 4.78 is 11.3. The monoisotopic (exact) mass is 435 g/mol. The van der Waals surface area contributed by atoms with Crippen LogP contribution in [0.1, 0.15) is 33.5 Å². The summed E-state index contributed by atoms with van der Waals surface area (Å²) in [5.74, 6) is 1.36. The second-order valence-corrected chi connectivity index (χ2v) is 7.68. The van der Waals surface area contributed by atoms with Crippen LogP contribution in [0, 0.1) is 17.0 Å². The molecule has 2 heterocycles. The maximum Gasteiger partial charge on any atom is 0.293 e. The quantitative estimate of drug-likeness (QED) is 0.321. The first-order chi connectivity index (χ1) is 15.5. The summed E-state index contributed by atoms with van der Waals surface area (Å²) in [7, 11) is 0. The highest BCUT2D eigenvalue weighted by molar-refractivity contribution is 6.09. The van der Waals surface area contributed by atoms with Crippen LogP contribution in [0.3, 0.4) is 0 Å². The van der Waals surface area contributed by atoms with Gasteiger partial charge in [0, 0.05) is 36.8 Å². The van der Waals surface area contributed by atoms with Crippen molar-refractivity contribution in [3.8, 4) is 0 Å². The SMILES string of the molecule is Cc1ccc([C@@H](CNc2ccc(C(=O)c3ccccc3)cc2[N+](=O)[O-])N2CCOCC2)o1. The maximum absolute atomic E-state index is 12.7. The van der Waals surface area contributed by atoms with Gasteiger partial charge in [-0.15, -0.1) is 0 Å². The number of nitro groups is 1. The summed E-state index contributed by atoms with van der Waals surface area (Å²) in [5.41, 5.74) is 0.993. The second-order valence-electron chi connectivity index (χ2n) is 7.68. The minimum absolute atomic E-state index is 0.0992. The summed E-state index contributed by atoms with van der Waals surface area (Å²) in [5, 5.41) is 15.0. The normalized spacial score (nSPS) is 15.3. The Bertz CT molecular complexity index is 1090. The van der Waals surface area contributed by atoms with E-state index in [1.54, 1.807) is 36.4 Å². The lowest BCUT2D eigenvalue weighted by Crippen LogP contribution is -2.41. The molecule has 8 heteroatoms. The largest absolute Gasteiger partial charge is 0.465 e. The lowest BCUT2D eigenvalue weighted by atomic mass is 10.0. The Morgan fingerprint density at radius 3 is 2.50 bits per heavy atom. The first-order valence-corrected chi connectivity index (χ1v) is 10.5. The number of anilines is 1. The molecule has 1 aliphatic rings. The van der Waals surface area contributed by atoms with Crippen LogP contribution in [-0.4, -0.2) is 48.5 Å². The van der Waals surface area contributed by atoms with Crippen LogP contribution in [0.4, 0.5) is 11.4 Å². The second kappa shape index (κ2) is 9.76. The molecule has 0 saturated carbocycles. The average Bonchev–Trinajstić information content (AvgIpc) is 3.26. The third-order valence-electron chi connectivity index (χ3n) is 5.55. The molecule has 1 N–H and O–H groups in total. The van der Waals surface area contributed by atoms with Crippen molar-refractivity contribution >= 4 is 17.2 Å². The Morgan fingerprint density at radius 1 is 1.09 bits per heavy atom. The van der Waals surface area contributed by atoms with E-state index in [0.717, 1.165) is 24.6 Å². The van der Waals surface area contributed by atoms with Gasteiger partial charge < -0.3 is 14.5 Å². The Hall–Kier alpha value is -3.49. The molecular weight excluding hydrogens is 410 g/mol. The highest BCUT2D eigenvalue weighted by atomic mass is 16.6. The number of carbonyl (C=O) groups excluding carboxylic acids is 1. The number of hydrogen-bond acceptors (Lipinski definition) is 7. The molecule has 2 aromatic carbocycles. The van der Waals surface area contributed by atoms with E-state index in [-0.39, 0.29) is 23.1 Å². The maximum atomic E-state index is 12.7. The van der Waals surface area contributed by atoms with Crippen LogP contribution in [-0.2, 0) is 4.74 Å². The molecule has 0 amide bonds. The first-order valence-electron chi connectivity index (χ1n) is 10.5. The fourth-order valence-electron chi connectivity index (χ4n) is 3.87. The number of ether oxygens (including phenoxy) is 1.